The lowest BCUT2D eigenvalue weighted by atomic mass is 10.0. The van der Waals surface area contributed by atoms with Crippen LogP contribution in [0.4, 0.5) is 0 Å². The number of aliphatic hydroxyl groups is 1. The van der Waals surface area contributed by atoms with Gasteiger partial charge in [0.25, 0.3) is 0 Å². The first-order valence-corrected chi connectivity index (χ1v) is 5.51. The normalized spacial score (nSPS) is 12.7. The van der Waals surface area contributed by atoms with Gasteiger partial charge in [0.05, 0.1) is 6.10 Å². The van der Waals surface area contributed by atoms with Crippen LogP contribution in [0.2, 0.25) is 0 Å². The highest BCUT2D eigenvalue weighted by molar-refractivity contribution is 9.10. The van der Waals surface area contributed by atoms with E-state index in [1.807, 2.05) is 36.4 Å². The third kappa shape index (κ3) is 1.83. The van der Waals surface area contributed by atoms with Gasteiger partial charge in [0.2, 0.25) is 0 Å². The molecular formula is C13H11BrO. The molecule has 0 fully saturated rings. The first-order valence-electron chi connectivity index (χ1n) is 4.72. The molecule has 0 aliphatic rings. The van der Waals surface area contributed by atoms with Crippen molar-refractivity contribution in [2.24, 2.45) is 0 Å². The lowest BCUT2D eigenvalue weighted by Gasteiger charge is -2.10. The Labute approximate surface area is 97.2 Å². The van der Waals surface area contributed by atoms with Crippen molar-refractivity contribution in [1.82, 2.24) is 0 Å². The predicted octanol–water partition coefficient (Wildman–Crippen LogP) is 3.82. The molecule has 0 saturated heterocycles. The molecule has 0 aliphatic carbocycles. The second-order valence-corrected chi connectivity index (χ2v) is 4.22. The first-order chi connectivity index (χ1) is 7.24. The van der Waals surface area contributed by atoms with Gasteiger partial charge in [-0.15, -0.1) is 6.58 Å². The summed E-state index contributed by atoms with van der Waals surface area (Å²) in [6, 6.07) is 11.8. The Bertz CT molecular complexity index is 505. The second kappa shape index (κ2) is 4.17. The van der Waals surface area contributed by atoms with E-state index >= 15 is 0 Å². The summed E-state index contributed by atoms with van der Waals surface area (Å²) < 4.78 is 1.04. The van der Waals surface area contributed by atoms with Crippen molar-refractivity contribution in [2.45, 2.75) is 6.10 Å². The molecule has 1 atom stereocenters. The third-order valence-corrected chi connectivity index (χ3v) is 3.14. The molecule has 0 saturated carbocycles. The van der Waals surface area contributed by atoms with Crippen molar-refractivity contribution < 1.29 is 5.11 Å². The molecule has 15 heavy (non-hydrogen) atoms. The minimum Gasteiger partial charge on any atom is -0.384 e. The number of hydrogen-bond donors (Lipinski definition) is 1. The Hall–Kier alpha value is -1.12. The molecule has 0 heterocycles. The van der Waals surface area contributed by atoms with E-state index in [2.05, 4.69) is 22.5 Å². The maximum absolute atomic E-state index is 9.78. The zero-order chi connectivity index (χ0) is 10.8. The van der Waals surface area contributed by atoms with E-state index in [0.717, 1.165) is 20.8 Å². The van der Waals surface area contributed by atoms with Gasteiger partial charge in [-0.25, -0.2) is 0 Å². The van der Waals surface area contributed by atoms with Crippen LogP contribution in [0.1, 0.15) is 11.7 Å². The minimum atomic E-state index is -0.608. The van der Waals surface area contributed by atoms with Crippen molar-refractivity contribution in [2.75, 3.05) is 0 Å². The van der Waals surface area contributed by atoms with Gasteiger partial charge in [-0.3, -0.25) is 0 Å². The topological polar surface area (TPSA) is 20.2 Å². The van der Waals surface area contributed by atoms with Crippen LogP contribution in [0, 0.1) is 0 Å². The maximum atomic E-state index is 9.78. The molecule has 1 N–H and O–H groups in total. The van der Waals surface area contributed by atoms with E-state index in [0.29, 0.717) is 0 Å². The van der Waals surface area contributed by atoms with E-state index in [4.69, 9.17) is 0 Å². The number of halogens is 1. The van der Waals surface area contributed by atoms with Gasteiger partial charge in [-0.2, -0.15) is 0 Å². The number of rotatable bonds is 2. The van der Waals surface area contributed by atoms with Gasteiger partial charge in [0.1, 0.15) is 0 Å². The molecule has 2 aromatic rings. The van der Waals surface area contributed by atoms with Crippen LogP contribution >= 0.6 is 15.9 Å². The lowest BCUT2D eigenvalue weighted by molar-refractivity contribution is 0.230. The van der Waals surface area contributed by atoms with Crippen molar-refractivity contribution in [3.05, 3.63) is 59.1 Å². The predicted molar refractivity (Wildman–Crippen MR) is 66.8 cm³/mol. The fourth-order valence-electron chi connectivity index (χ4n) is 1.68. The molecule has 0 amide bonds. The van der Waals surface area contributed by atoms with Gasteiger partial charge in [0.15, 0.2) is 0 Å². The Kier molecular flexibility index (Phi) is 2.89. The minimum absolute atomic E-state index is 0.608. The number of aliphatic hydroxyl groups excluding tert-OH is 1. The lowest BCUT2D eigenvalue weighted by Crippen LogP contribution is -1.93. The Morgan fingerprint density at radius 1 is 1.13 bits per heavy atom. The quantitative estimate of drug-likeness (QED) is 0.816. The van der Waals surface area contributed by atoms with Crippen LogP contribution in [0.25, 0.3) is 10.8 Å². The van der Waals surface area contributed by atoms with Crippen LogP contribution in [-0.4, -0.2) is 5.11 Å². The van der Waals surface area contributed by atoms with Gasteiger partial charge in [0, 0.05) is 4.47 Å². The Balaban J connectivity index is 2.76. The standard InChI is InChI=1S/C13H11BrO/c1-2-13(15)11-7-3-6-10-9(11)5-4-8-12(10)14/h2-8,13,15H,1H2. The van der Waals surface area contributed by atoms with E-state index in [9.17, 15) is 5.11 Å². The highest BCUT2D eigenvalue weighted by atomic mass is 79.9. The monoisotopic (exact) mass is 262 g/mol. The van der Waals surface area contributed by atoms with Gasteiger partial charge in [-0.05, 0) is 22.4 Å². The van der Waals surface area contributed by atoms with Crippen LogP contribution in [0.3, 0.4) is 0 Å². The van der Waals surface area contributed by atoms with Gasteiger partial charge >= 0.3 is 0 Å². The zero-order valence-electron chi connectivity index (χ0n) is 8.15. The molecule has 1 unspecified atom stereocenters. The number of benzene rings is 2. The molecule has 0 aliphatic heterocycles. The summed E-state index contributed by atoms with van der Waals surface area (Å²) in [4.78, 5) is 0. The van der Waals surface area contributed by atoms with Crippen molar-refractivity contribution in [3.8, 4) is 0 Å². The molecule has 0 radical (unpaired) electrons. The molecule has 0 bridgehead atoms. The largest absolute Gasteiger partial charge is 0.384 e. The molecule has 2 rings (SSSR count). The third-order valence-electron chi connectivity index (χ3n) is 2.44. The van der Waals surface area contributed by atoms with E-state index < -0.39 is 6.10 Å². The zero-order valence-corrected chi connectivity index (χ0v) is 9.74. The van der Waals surface area contributed by atoms with E-state index in [-0.39, 0.29) is 0 Å². The van der Waals surface area contributed by atoms with Crippen molar-refractivity contribution in [3.63, 3.8) is 0 Å². The summed E-state index contributed by atoms with van der Waals surface area (Å²) in [5.41, 5.74) is 0.892. The molecule has 2 heteroatoms. The van der Waals surface area contributed by atoms with Crippen molar-refractivity contribution >= 4 is 26.7 Å². The molecule has 1 nitrogen and oxygen atoms in total. The second-order valence-electron chi connectivity index (χ2n) is 3.36. The maximum Gasteiger partial charge on any atom is 0.0975 e. The molecule has 0 aromatic heterocycles. The number of fused-ring (bicyclic) bond motifs is 1. The summed E-state index contributed by atoms with van der Waals surface area (Å²) in [7, 11) is 0. The smallest absolute Gasteiger partial charge is 0.0975 e. The summed E-state index contributed by atoms with van der Waals surface area (Å²) in [5, 5.41) is 11.9. The van der Waals surface area contributed by atoms with E-state index in [1.54, 1.807) is 0 Å². The summed E-state index contributed by atoms with van der Waals surface area (Å²) in [6.07, 6.45) is 0.929. The molecular weight excluding hydrogens is 252 g/mol. The fraction of sp³-hybridized carbons (Fsp3) is 0.0769. The Morgan fingerprint density at radius 3 is 2.53 bits per heavy atom. The van der Waals surface area contributed by atoms with Crippen molar-refractivity contribution in [1.29, 1.82) is 0 Å². The van der Waals surface area contributed by atoms with Crippen LogP contribution in [0.15, 0.2) is 53.5 Å². The average molecular weight is 263 g/mol. The highest BCUT2D eigenvalue weighted by Gasteiger charge is 2.08. The van der Waals surface area contributed by atoms with E-state index in [1.165, 1.54) is 6.08 Å². The molecule has 2 aromatic carbocycles. The average Bonchev–Trinajstić information content (AvgIpc) is 2.28. The van der Waals surface area contributed by atoms with Crippen LogP contribution in [0.5, 0.6) is 0 Å². The molecule has 76 valence electrons. The summed E-state index contributed by atoms with van der Waals surface area (Å²) in [5.74, 6) is 0. The van der Waals surface area contributed by atoms with Gasteiger partial charge < -0.3 is 5.11 Å². The summed E-state index contributed by atoms with van der Waals surface area (Å²) in [6.45, 7) is 3.60. The summed E-state index contributed by atoms with van der Waals surface area (Å²) >= 11 is 3.49. The Morgan fingerprint density at radius 2 is 1.80 bits per heavy atom. The highest BCUT2D eigenvalue weighted by Crippen LogP contribution is 2.29. The first kappa shape index (κ1) is 10.4. The molecule has 0 spiro atoms. The van der Waals surface area contributed by atoms with Crippen LogP contribution in [-0.2, 0) is 0 Å². The SMILES string of the molecule is C=CC(O)c1cccc2c(Br)cccc12. The fourth-order valence-corrected chi connectivity index (χ4v) is 2.18. The number of hydrogen-bond acceptors (Lipinski definition) is 1. The van der Waals surface area contributed by atoms with Crippen LogP contribution < -0.4 is 0 Å². The van der Waals surface area contributed by atoms with Gasteiger partial charge in [-0.1, -0.05) is 52.3 Å².